The van der Waals surface area contributed by atoms with Gasteiger partial charge in [0.25, 0.3) is 0 Å². The molecule has 0 radical (unpaired) electrons. The minimum absolute atomic E-state index is 0.0392. The zero-order valence-corrected chi connectivity index (χ0v) is 18.7. The van der Waals surface area contributed by atoms with E-state index in [1.54, 1.807) is 6.08 Å². The molecule has 0 atom stereocenters. The summed E-state index contributed by atoms with van der Waals surface area (Å²) in [5.41, 5.74) is 3.11. The van der Waals surface area contributed by atoms with Crippen LogP contribution in [0.2, 0.25) is 5.04 Å². The van der Waals surface area contributed by atoms with Gasteiger partial charge in [0.15, 0.2) is 0 Å². The Bertz CT molecular complexity index is 834. The number of hydrogen-bond donors (Lipinski definition) is 0. The molecule has 2 aromatic carbocycles. The first-order valence-electron chi connectivity index (χ1n) is 9.59. The number of allylic oxidation sites excluding steroid dienone is 1. The van der Waals surface area contributed by atoms with E-state index in [0.717, 1.165) is 0 Å². The Labute approximate surface area is 170 Å². The molecule has 0 aromatic heterocycles. The van der Waals surface area contributed by atoms with E-state index in [2.05, 4.69) is 80.8 Å². The number of ether oxygens (including phenoxy) is 1. The van der Waals surface area contributed by atoms with Crippen LogP contribution in [-0.2, 0) is 9.53 Å². The van der Waals surface area contributed by atoms with Crippen molar-refractivity contribution in [2.75, 3.05) is 0 Å². The number of hydrogen-bond acceptors (Lipinski definition) is 2. The van der Waals surface area contributed by atoms with Crippen molar-refractivity contribution in [3.8, 4) is 11.5 Å². The number of carbonyl (C=O) groups is 1. The van der Waals surface area contributed by atoms with Gasteiger partial charge in [-0.25, -0.2) is 4.79 Å². The first-order chi connectivity index (χ1) is 13.1. The molecule has 2 rings (SSSR count). The van der Waals surface area contributed by atoms with E-state index in [0.29, 0.717) is 0 Å². The lowest BCUT2D eigenvalue weighted by Gasteiger charge is -2.39. The van der Waals surface area contributed by atoms with Crippen molar-refractivity contribution in [1.82, 2.24) is 0 Å². The number of carbonyl (C=O) groups excluding carboxylic acids is 1. The Kier molecular flexibility index (Phi) is 6.69. The summed E-state index contributed by atoms with van der Waals surface area (Å²) in [6.45, 7) is 12.3. The highest BCUT2D eigenvalue weighted by Crippen LogP contribution is 2.35. The highest BCUT2D eigenvalue weighted by Gasteiger charge is 2.46. The van der Waals surface area contributed by atoms with E-state index in [1.165, 1.54) is 16.4 Å². The van der Waals surface area contributed by atoms with Crippen LogP contribution in [-0.4, -0.2) is 19.6 Å². The summed E-state index contributed by atoms with van der Waals surface area (Å²) in [7, 11) is -2.43. The molecule has 0 spiro atoms. The lowest BCUT2D eigenvalue weighted by molar-refractivity contribution is -0.148. The van der Waals surface area contributed by atoms with Crippen LogP contribution < -0.4 is 10.4 Å². The largest absolute Gasteiger partial charge is 0.457 e. The molecule has 2 aromatic rings. The van der Waals surface area contributed by atoms with E-state index in [-0.39, 0.29) is 11.0 Å². The van der Waals surface area contributed by atoms with Gasteiger partial charge in [-0.05, 0) is 42.3 Å². The maximum Gasteiger partial charge on any atom is 0.331 e. The zero-order valence-electron chi connectivity index (χ0n) is 17.7. The molecule has 0 amide bonds. The maximum atomic E-state index is 12.0. The third-order valence-corrected chi connectivity index (χ3v) is 9.68. The smallest absolute Gasteiger partial charge is 0.331 e. The average molecular weight is 391 g/mol. The van der Waals surface area contributed by atoms with Gasteiger partial charge in [0.1, 0.15) is 5.60 Å². The highest BCUT2D eigenvalue weighted by molar-refractivity contribution is 7.10. The third-order valence-electron chi connectivity index (χ3n) is 4.51. The second kappa shape index (κ2) is 8.62. The van der Waals surface area contributed by atoms with Crippen LogP contribution in [0.4, 0.5) is 0 Å². The molecule has 0 N–H and O–H groups in total. The molecule has 146 valence electrons. The molecule has 0 fully saturated rings. The summed E-state index contributed by atoms with van der Waals surface area (Å²) in [6.07, 6.45) is 3.03. The minimum atomic E-state index is -2.43. The third kappa shape index (κ3) is 5.24. The highest BCUT2D eigenvalue weighted by atomic mass is 28.3. The normalized spacial score (nSPS) is 12.4. The molecule has 0 saturated carbocycles. The van der Waals surface area contributed by atoms with Crippen molar-refractivity contribution in [2.24, 2.45) is 0 Å². The summed E-state index contributed by atoms with van der Waals surface area (Å²) in [6, 6.07) is 21.1. The van der Waals surface area contributed by atoms with Crippen LogP contribution in [0.3, 0.4) is 0 Å². The monoisotopic (exact) mass is 390 g/mol. The van der Waals surface area contributed by atoms with Crippen molar-refractivity contribution in [3.63, 3.8) is 0 Å². The Morgan fingerprint density at radius 2 is 1.32 bits per heavy atom. The molecule has 0 aliphatic rings. The van der Waals surface area contributed by atoms with Gasteiger partial charge in [0.05, 0.1) is 0 Å². The van der Waals surface area contributed by atoms with E-state index in [9.17, 15) is 4.79 Å². The van der Waals surface area contributed by atoms with Crippen LogP contribution in [0.1, 0.15) is 41.5 Å². The Hall–Kier alpha value is -2.57. The number of benzene rings is 2. The minimum Gasteiger partial charge on any atom is -0.457 e. The van der Waals surface area contributed by atoms with Gasteiger partial charge in [-0.2, -0.15) is 0 Å². The lowest BCUT2D eigenvalue weighted by Crippen LogP contribution is -2.63. The van der Waals surface area contributed by atoms with Crippen molar-refractivity contribution >= 4 is 24.4 Å². The Morgan fingerprint density at radius 3 is 1.71 bits per heavy atom. The predicted octanol–water partition coefficient (Wildman–Crippen LogP) is 4.49. The van der Waals surface area contributed by atoms with Crippen LogP contribution in [0.5, 0.6) is 0 Å². The van der Waals surface area contributed by atoms with Gasteiger partial charge >= 0.3 is 5.97 Å². The topological polar surface area (TPSA) is 26.3 Å². The number of esters is 1. The van der Waals surface area contributed by atoms with Gasteiger partial charge in [-0.1, -0.05) is 87.4 Å². The van der Waals surface area contributed by atoms with Crippen LogP contribution in [0.25, 0.3) is 0 Å². The van der Waals surface area contributed by atoms with Crippen molar-refractivity contribution < 1.29 is 9.53 Å². The van der Waals surface area contributed by atoms with E-state index < -0.39 is 13.7 Å². The van der Waals surface area contributed by atoms with Gasteiger partial charge < -0.3 is 4.74 Å². The molecule has 0 aliphatic heterocycles. The van der Waals surface area contributed by atoms with Crippen molar-refractivity contribution in [3.05, 3.63) is 72.8 Å². The fourth-order valence-corrected chi connectivity index (χ4v) is 7.75. The van der Waals surface area contributed by atoms with Crippen LogP contribution >= 0.6 is 0 Å². The van der Waals surface area contributed by atoms with Crippen molar-refractivity contribution in [2.45, 2.75) is 52.2 Å². The van der Waals surface area contributed by atoms with Crippen molar-refractivity contribution in [1.29, 1.82) is 0 Å². The van der Waals surface area contributed by atoms with Gasteiger partial charge in [-0.3, -0.25) is 0 Å². The molecule has 28 heavy (non-hydrogen) atoms. The first-order valence-corrected chi connectivity index (χ1v) is 11.6. The Morgan fingerprint density at radius 1 is 0.857 bits per heavy atom. The molecule has 0 unspecified atom stereocenters. The molecule has 0 aliphatic carbocycles. The van der Waals surface area contributed by atoms with E-state index in [4.69, 9.17) is 4.74 Å². The fourth-order valence-electron chi connectivity index (χ4n) is 3.34. The second-order valence-corrected chi connectivity index (χ2v) is 13.3. The maximum absolute atomic E-state index is 12.0. The molecule has 3 heteroatoms. The second-order valence-electron chi connectivity index (χ2n) is 8.87. The molecule has 2 nitrogen and oxygen atoms in total. The molecular formula is C25H30O2Si. The summed E-state index contributed by atoms with van der Waals surface area (Å²) in [5.74, 6) is 2.81. The van der Waals surface area contributed by atoms with E-state index >= 15 is 0 Å². The standard InChI is InChI=1S/C25H30O2Si/c1-24(2,3)27-23(26)19-13-14-20-28(25(4,5)6,21-15-9-7-10-16-21)22-17-11-8-12-18-22/h7-13,15-19H,1-6H3/b19-13+. The molecule has 0 saturated heterocycles. The predicted molar refractivity (Wildman–Crippen MR) is 120 cm³/mol. The SMILES string of the molecule is CC(C)(C)OC(=O)/C=C/C#C[Si](c1ccccc1)(c1ccccc1)C(C)(C)C. The Balaban J connectivity index is 2.54. The molecule has 0 bridgehead atoms. The average Bonchev–Trinajstić information content (AvgIpc) is 2.61. The molecule has 0 heterocycles. The fraction of sp³-hybridized carbons (Fsp3) is 0.320. The summed E-state index contributed by atoms with van der Waals surface area (Å²) in [4.78, 5) is 12.0. The van der Waals surface area contributed by atoms with Gasteiger partial charge in [0.2, 0.25) is 8.07 Å². The number of rotatable bonds is 3. The summed E-state index contributed by atoms with van der Waals surface area (Å²) >= 11 is 0. The van der Waals surface area contributed by atoms with Crippen LogP contribution in [0, 0.1) is 11.5 Å². The van der Waals surface area contributed by atoms with Gasteiger partial charge in [0, 0.05) is 6.08 Å². The molecular weight excluding hydrogens is 360 g/mol. The quantitative estimate of drug-likeness (QED) is 0.334. The van der Waals surface area contributed by atoms with E-state index in [1.807, 2.05) is 32.9 Å². The summed E-state index contributed by atoms with van der Waals surface area (Å²) in [5, 5.41) is 2.50. The lowest BCUT2D eigenvalue weighted by atomic mass is 10.2. The first kappa shape index (κ1) is 21.7. The summed E-state index contributed by atoms with van der Waals surface area (Å²) < 4.78 is 5.32. The van der Waals surface area contributed by atoms with Crippen LogP contribution in [0.15, 0.2) is 72.8 Å². The van der Waals surface area contributed by atoms with Gasteiger partial charge in [-0.15, -0.1) is 5.54 Å². The zero-order chi connectivity index (χ0) is 20.8.